The number of ether oxygens (including phenoxy) is 11. The number of nitrogens with zero attached hydrogens (tertiary/aromatic N) is 4. The Morgan fingerprint density at radius 1 is 0.324 bits per heavy atom. The van der Waals surface area contributed by atoms with Crippen molar-refractivity contribution >= 4 is 66.5 Å². The van der Waals surface area contributed by atoms with Gasteiger partial charge in [-0.2, -0.15) is 14.7 Å². The highest BCUT2D eigenvalue weighted by atomic mass is 16.6. The van der Waals surface area contributed by atoms with Gasteiger partial charge in [-0.1, -0.05) is 0 Å². The number of pyridine rings is 1. The molecule has 1 aromatic heterocycles. The number of nitrogens with one attached hydrogen (secondary N) is 1. The highest BCUT2D eigenvalue weighted by Gasteiger charge is 2.46. The van der Waals surface area contributed by atoms with Crippen LogP contribution in [-0.2, 0) is 97.1 Å². The van der Waals surface area contributed by atoms with Crippen LogP contribution in [0.4, 0.5) is 33.6 Å². The molecule has 0 aliphatic heterocycles. The molecule has 0 saturated heterocycles. The molecule has 0 radical (unpaired) electrons. The van der Waals surface area contributed by atoms with Crippen molar-refractivity contribution in [1.29, 1.82) is 0 Å². The molecule has 1 rings (SSSR count). The van der Waals surface area contributed by atoms with E-state index >= 15 is 0 Å². The van der Waals surface area contributed by atoms with Crippen molar-refractivity contribution in [3.8, 4) is 0 Å². The SMILES string of the molecule is CC(C)(C)OC(=O)NC(CCCC[n+]1cc(CCC(C(=O)OC(C)(C)C)N(C(=O)OC(C)(C)C)C(=O)OC(C)(C)C)cc(CCC(C(=O)OC(C)(C)C)N(C(=O)OC(C)(C)C)C(=O)OC(C)(C)C)c1CCCC(C(=O)OC(C)(C)C)N(C(=O)OC(C)(C)C)C(=O)OC(C)(C)C)C(=O)OC(C)(C)C. The summed E-state index contributed by atoms with van der Waals surface area (Å²) in [5, 5.41) is 2.67. The molecule has 1 N–H and O–H groups in total. The third-order valence-corrected chi connectivity index (χ3v) is 12.7. The van der Waals surface area contributed by atoms with Gasteiger partial charge in [-0.25, -0.2) is 57.3 Å². The number of aromatic nitrogens is 1. The van der Waals surface area contributed by atoms with Gasteiger partial charge in [0.15, 0.2) is 11.9 Å². The molecule has 4 unspecified atom stereocenters. The Hall–Kier alpha value is -7.48. The molecule has 0 saturated carbocycles. The van der Waals surface area contributed by atoms with Gasteiger partial charge in [-0.05, 0) is 286 Å². The van der Waals surface area contributed by atoms with E-state index in [1.165, 1.54) is 0 Å². The number of imide groups is 3. The van der Waals surface area contributed by atoms with Crippen LogP contribution in [0.3, 0.4) is 0 Å². The summed E-state index contributed by atoms with van der Waals surface area (Å²) in [6.45, 7) is 53.2. The molecule has 27 nitrogen and oxygen atoms in total. The summed E-state index contributed by atoms with van der Waals surface area (Å²) in [6.07, 6.45) is -7.24. The number of hydrogen-bond donors (Lipinski definition) is 1. The van der Waals surface area contributed by atoms with Crippen LogP contribution in [-0.4, -0.2) is 167 Å². The normalized spacial score (nSPS) is 14.0. The molecule has 102 heavy (non-hydrogen) atoms. The molecule has 0 spiro atoms. The zero-order valence-corrected chi connectivity index (χ0v) is 68.0. The first-order chi connectivity index (χ1) is 45.4. The van der Waals surface area contributed by atoms with E-state index in [-0.39, 0.29) is 70.8 Å². The van der Waals surface area contributed by atoms with Gasteiger partial charge in [-0.15, -0.1) is 0 Å². The van der Waals surface area contributed by atoms with Gasteiger partial charge < -0.3 is 57.4 Å². The second-order valence-corrected chi connectivity index (χ2v) is 36.4. The lowest BCUT2D eigenvalue weighted by Gasteiger charge is -2.34. The first-order valence-electron chi connectivity index (χ1n) is 35.2. The smallest absolute Gasteiger partial charge is 0.420 e. The fraction of sp³-hybridized carbons (Fsp3) is 0.787. The number of alkyl carbamates (subject to hydrolysis) is 1. The third-order valence-electron chi connectivity index (χ3n) is 12.7. The van der Waals surface area contributed by atoms with Crippen LogP contribution in [0.1, 0.15) is 290 Å². The molecule has 1 heterocycles. The molecule has 0 aliphatic rings. The molecule has 584 valence electrons. The van der Waals surface area contributed by atoms with Crippen LogP contribution >= 0.6 is 0 Å². The number of amides is 7. The minimum absolute atomic E-state index is 0.0172. The molecular formula is C75H128N5O22+. The number of rotatable bonds is 23. The predicted molar refractivity (Wildman–Crippen MR) is 381 cm³/mol. The number of esters is 4. The standard InChI is InChI=1S/C75H127N5O22/c1-65(2,3)92-54(81)49(76-58(85)96-69(13,14)15)37-34-35-44-77-46-47(40-42-52(56(83)94-67(7,8)9)79(61(88)99-72(22,23)24)62(89)100-73(25,26)27)45-48(41-43-53(57(84)95-68(10,11)12)80(63(90)101-74(28,29)30)64(91)102-75(31,32)33)50(77)38-36-39-51(55(82)93-66(4,5)6)78(59(86)97-70(16,17)18)60(87)98-71(19,20)21/h45-46,49,51-53H,34-44H2,1-33H3/p+1. The Kier molecular flexibility index (Phi) is 32.5. The molecule has 0 aromatic carbocycles. The second kappa shape index (κ2) is 35.8. The van der Waals surface area contributed by atoms with Gasteiger partial charge >= 0.3 is 66.5 Å². The van der Waals surface area contributed by atoms with Crippen molar-refractivity contribution in [3.63, 3.8) is 0 Å². The minimum Gasteiger partial charge on any atom is -0.458 e. The summed E-state index contributed by atoms with van der Waals surface area (Å²) < 4.78 is 65.7. The Morgan fingerprint density at radius 3 is 0.892 bits per heavy atom. The lowest BCUT2D eigenvalue weighted by Crippen LogP contribution is -2.53. The van der Waals surface area contributed by atoms with Gasteiger partial charge in [-0.3, -0.25) is 0 Å². The summed E-state index contributed by atoms with van der Waals surface area (Å²) in [4.78, 5) is 160. The number of hydrogen-bond acceptors (Lipinski definition) is 22. The van der Waals surface area contributed by atoms with Crippen molar-refractivity contribution in [2.24, 2.45) is 0 Å². The van der Waals surface area contributed by atoms with E-state index in [9.17, 15) is 52.7 Å². The quantitative estimate of drug-likeness (QED) is 0.0460. The number of unbranched alkanes of at least 4 members (excludes halogenated alkanes) is 1. The average Bonchev–Trinajstić information content (AvgIpc) is 0.847. The van der Waals surface area contributed by atoms with Crippen LogP contribution in [0.15, 0.2) is 12.3 Å². The van der Waals surface area contributed by atoms with E-state index in [0.29, 0.717) is 31.5 Å². The van der Waals surface area contributed by atoms with E-state index in [1.807, 2.05) is 4.57 Å². The first-order valence-corrected chi connectivity index (χ1v) is 35.2. The van der Waals surface area contributed by atoms with Gasteiger partial charge in [0.25, 0.3) is 0 Å². The Bertz CT molecular complexity index is 2980. The zero-order chi connectivity index (χ0) is 79.9. The maximum absolute atomic E-state index is 14.9. The molecule has 7 amide bonds. The van der Waals surface area contributed by atoms with E-state index in [2.05, 4.69) is 5.32 Å². The van der Waals surface area contributed by atoms with Gasteiger partial charge in [0.05, 0.1) is 0 Å². The van der Waals surface area contributed by atoms with E-state index in [4.69, 9.17) is 52.1 Å². The highest BCUT2D eigenvalue weighted by molar-refractivity contribution is 5.96. The minimum atomic E-state index is -1.76. The van der Waals surface area contributed by atoms with E-state index in [0.717, 1.165) is 0 Å². The predicted octanol–water partition coefficient (Wildman–Crippen LogP) is 15.2. The van der Waals surface area contributed by atoms with Crippen LogP contribution in [0.5, 0.6) is 0 Å². The number of carbonyl (C=O) groups excluding carboxylic acids is 11. The number of aryl methyl sites for hydroxylation is 3. The van der Waals surface area contributed by atoms with Gasteiger partial charge in [0, 0.05) is 24.0 Å². The van der Waals surface area contributed by atoms with Gasteiger partial charge in [0.2, 0.25) is 0 Å². The lowest BCUT2D eigenvalue weighted by atomic mass is 9.95. The van der Waals surface area contributed by atoms with Gasteiger partial charge in [0.1, 0.15) is 92.3 Å². The van der Waals surface area contributed by atoms with E-state index < -0.39 is 152 Å². The Morgan fingerprint density at radius 2 is 0.598 bits per heavy atom. The van der Waals surface area contributed by atoms with Crippen molar-refractivity contribution in [1.82, 2.24) is 20.0 Å². The first kappa shape index (κ1) is 92.5. The summed E-state index contributed by atoms with van der Waals surface area (Å²) >= 11 is 0. The van der Waals surface area contributed by atoms with Crippen molar-refractivity contribution in [2.45, 2.75) is 385 Å². The maximum Gasteiger partial charge on any atom is 0.420 e. The summed E-state index contributed by atoms with van der Waals surface area (Å²) in [7, 11) is 0. The van der Waals surface area contributed by atoms with Crippen molar-refractivity contribution in [3.05, 3.63) is 29.1 Å². The molecule has 4 atom stereocenters. The summed E-state index contributed by atoms with van der Waals surface area (Å²) in [5.41, 5.74) is -11.1. The molecular weight excluding hydrogens is 1320 g/mol. The van der Waals surface area contributed by atoms with E-state index in [1.54, 1.807) is 241 Å². The summed E-state index contributed by atoms with van der Waals surface area (Å²) in [6, 6.07) is -4.60. The summed E-state index contributed by atoms with van der Waals surface area (Å²) in [5.74, 6) is -3.70. The largest absolute Gasteiger partial charge is 0.458 e. The fourth-order valence-electron chi connectivity index (χ4n) is 9.44. The van der Waals surface area contributed by atoms with Crippen molar-refractivity contribution in [2.75, 3.05) is 0 Å². The lowest BCUT2D eigenvalue weighted by molar-refractivity contribution is -0.705. The Balaban J connectivity index is 5.04. The van der Waals surface area contributed by atoms with Crippen molar-refractivity contribution < 1.29 is 109 Å². The van der Waals surface area contributed by atoms with Crippen LogP contribution < -0.4 is 9.88 Å². The molecule has 0 fully saturated rings. The zero-order valence-electron chi connectivity index (χ0n) is 68.0. The third kappa shape index (κ3) is 38.2. The Labute approximate surface area is 607 Å². The fourth-order valence-corrected chi connectivity index (χ4v) is 9.44. The number of carbonyl (C=O) groups is 11. The average molecular weight is 1450 g/mol. The second-order valence-electron chi connectivity index (χ2n) is 36.4. The molecule has 27 heteroatoms. The van der Waals surface area contributed by atoms with Crippen LogP contribution in [0, 0.1) is 0 Å². The molecule has 0 aliphatic carbocycles. The van der Waals surface area contributed by atoms with Crippen LogP contribution in [0.2, 0.25) is 0 Å². The maximum atomic E-state index is 14.9. The van der Waals surface area contributed by atoms with Crippen LogP contribution in [0.25, 0.3) is 0 Å². The molecule has 1 aromatic rings. The highest BCUT2D eigenvalue weighted by Crippen LogP contribution is 2.29. The monoisotopic (exact) mass is 1450 g/mol. The molecule has 0 bridgehead atoms. The topological polar surface area (TPSA) is 315 Å².